The van der Waals surface area contributed by atoms with Crippen LogP contribution in [0.25, 0.3) is 16.0 Å². The molecule has 0 aromatic heterocycles. The van der Waals surface area contributed by atoms with Crippen molar-refractivity contribution in [3.8, 4) is 17.2 Å². The molecule has 6 rings (SSSR count). The first-order valence-electron chi connectivity index (χ1n) is 13.6. The smallest absolute Gasteiger partial charge is 0.197 e. The van der Waals surface area contributed by atoms with Gasteiger partial charge >= 0.3 is 0 Å². The van der Waals surface area contributed by atoms with Crippen LogP contribution in [0, 0.1) is 17.9 Å². The molecule has 0 N–H and O–H groups in total. The van der Waals surface area contributed by atoms with Crippen molar-refractivity contribution in [3.05, 3.63) is 175 Å². The number of rotatable bonds is 7. The van der Waals surface area contributed by atoms with E-state index in [0.29, 0.717) is 11.3 Å². The highest BCUT2D eigenvalue weighted by atomic mass is 15.1. The van der Waals surface area contributed by atoms with Crippen LogP contribution in [0.5, 0.6) is 0 Å². The summed E-state index contributed by atoms with van der Waals surface area (Å²) in [6, 6.07) is 54.5. The van der Waals surface area contributed by atoms with Crippen LogP contribution in [0.15, 0.2) is 158 Å². The molecule has 0 saturated heterocycles. The van der Waals surface area contributed by atoms with E-state index in [-0.39, 0.29) is 0 Å². The number of nitrogens with zero attached hydrogens (tertiary/aromatic N) is 4. The van der Waals surface area contributed by atoms with E-state index in [4.69, 9.17) is 6.57 Å². The van der Waals surface area contributed by atoms with E-state index in [2.05, 4.69) is 45.0 Å². The minimum absolute atomic E-state index is 0.483. The van der Waals surface area contributed by atoms with Crippen LogP contribution in [-0.4, -0.2) is 0 Å². The molecule has 0 heterocycles. The summed E-state index contributed by atoms with van der Waals surface area (Å²) in [6.45, 7) is 8.06. The molecule has 4 nitrogen and oxygen atoms in total. The molecule has 0 bridgehead atoms. The molecular weight excluding hydrogens is 512 g/mol. The predicted molar refractivity (Wildman–Crippen MR) is 172 cm³/mol. The summed E-state index contributed by atoms with van der Waals surface area (Å²) in [7, 11) is 0. The molecular formula is C38H26N4. The van der Waals surface area contributed by atoms with Gasteiger partial charge in [0.1, 0.15) is 0 Å². The van der Waals surface area contributed by atoms with Crippen molar-refractivity contribution in [2.24, 2.45) is 0 Å². The fourth-order valence-electron chi connectivity index (χ4n) is 5.18. The summed E-state index contributed by atoms with van der Waals surface area (Å²) in [6.07, 6.45) is 0. The summed E-state index contributed by atoms with van der Waals surface area (Å²) in [4.78, 5) is 8.16. The topological polar surface area (TPSA) is 34.6 Å². The molecule has 4 heteroatoms. The second-order valence-electron chi connectivity index (χ2n) is 9.67. The maximum Gasteiger partial charge on any atom is 0.197 e. The van der Waals surface area contributed by atoms with Crippen molar-refractivity contribution in [2.45, 2.75) is 0 Å². The van der Waals surface area contributed by atoms with Crippen LogP contribution in [0.3, 0.4) is 0 Å². The quantitative estimate of drug-likeness (QED) is 0.190. The Labute approximate surface area is 246 Å². The Bertz CT molecular complexity index is 1670. The third kappa shape index (κ3) is 5.21. The largest absolute Gasteiger partial charge is 0.312 e. The van der Waals surface area contributed by atoms with E-state index in [1.54, 1.807) is 0 Å². The van der Waals surface area contributed by atoms with E-state index >= 15 is 0 Å². The molecule has 0 saturated carbocycles. The Morgan fingerprint density at radius 3 is 1.21 bits per heavy atom. The minimum Gasteiger partial charge on any atom is -0.312 e. The lowest BCUT2D eigenvalue weighted by Crippen LogP contribution is -2.10. The van der Waals surface area contributed by atoms with Gasteiger partial charge in [-0.1, -0.05) is 84.9 Å². The van der Waals surface area contributed by atoms with Gasteiger partial charge in [-0.15, -0.1) is 0 Å². The monoisotopic (exact) mass is 538 g/mol. The number of nitriles is 1. The predicted octanol–water partition coefficient (Wildman–Crippen LogP) is 10.7. The molecule has 0 spiro atoms. The third-order valence-corrected chi connectivity index (χ3v) is 7.09. The molecule has 0 atom stereocenters. The molecule has 0 aliphatic rings. The average Bonchev–Trinajstić information content (AvgIpc) is 3.07. The Kier molecular flexibility index (Phi) is 7.45. The van der Waals surface area contributed by atoms with Crippen LogP contribution >= 0.6 is 0 Å². The van der Waals surface area contributed by atoms with Crippen LogP contribution in [0.1, 0.15) is 5.56 Å². The highest BCUT2D eigenvalue weighted by molar-refractivity contribution is 5.89. The zero-order valence-corrected chi connectivity index (χ0v) is 22.8. The van der Waals surface area contributed by atoms with E-state index in [1.807, 2.05) is 133 Å². The SMILES string of the molecule is [C-]#[N+]c1cc(N(c2ccccc2)c2ccccc2)ccc1-c1ccc(N(c2ccccc2)c2ccccc2)cc1C#N. The average molecular weight is 539 g/mol. The van der Waals surface area contributed by atoms with Gasteiger partial charge in [0, 0.05) is 34.1 Å². The van der Waals surface area contributed by atoms with Gasteiger partial charge in [-0.25, -0.2) is 4.85 Å². The maximum atomic E-state index is 10.3. The summed E-state index contributed by atoms with van der Waals surface area (Å²) >= 11 is 0. The van der Waals surface area contributed by atoms with Gasteiger partial charge in [0.15, 0.2) is 5.69 Å². The molecule has 6 aromatic rings. The lowest BCUT2D eigenvalue weighted by atomic mass is 9.97. The number of hydrogen-bond donors (Lipinski definition) is 0. The summed E-state index contributed by atoms with van der Waals surface area (Å²) in [5.74, 6) is 0. The molecule has 0 amide bonds. The first kappa shape index (κ1) is 26.1. The van der Waals surface area contributed by atoms with Crippen LogP contribution in [-0.2, 0) is 0 Å². The van der Waals surface area contributed by atoms with Crippen LogP contribution < -0.4 is 9.80 Å². The summed E-state index contributed by atoms with van der Waals surface area (Å²) < 4.78 is 0. The van der Waals surface area contributed by atoms with Crippen molar-refractivity contribution in [2.75, 3.05) is 9.80 Å². The molecule has 0 aliphatic carbocycles. The Morgan fingerprint density at radius 2 is 0.833 bits per heavy atom. The Morgan fingerprint density at radius 1 is 0.452 bits per heavy atom. The molecule has 0 aliphatic heterocycles. The lowest BCUT2D eigenvalue weighted by Gasteiger charge is -2.27. The van der Waals surface area contributed by atoms with Gasteiger partial charge < -0.3 is 9.80 Å². The number of anilines is 6. The van der Waals surface area contributed by atoms with Crippen molar-refractivity contribution in [1.82, 2.24) is 0 Å². The van der Waals surface area contributed by atoms with Gasteiger partial charge in [-0.05, 0) is 83.9 Å². The van der Waals surface area contributed by atoms with E-state index < -0.39 is 0 Å². The van der Waals surface area contributed by atoms with Gasteiger partial charge in [0.25, 0.3) is 0 Å². The zero-order chi connectivity index (χ0) is 28.7. The van der Waals surface area contributed by atoms with E-state index in [0.717, 1.165) is 45.3 Å². The normalized spacial score (nSPS) is 10.3. The first-order chi connectivity index (χ1) is 20.8. The number of para-hydroxylation sites is 4. The van der Waals surface area contributed by atoms with E-state index in [1.165, 1.54) is 0 Å². The van der Waals surface area contributed by atoms with E-state index in [9.17, 15) is 5.26 Å². The summed E-state index contributed by atoms with van der Waals surface area (Å²) in [5.41, 5.74) is 8.16. The number of benzene rings is 6. The second-order valence-corrected chi connectivity index (χ2v) is 9.67. The van der Waals surface area contributed by atoms with Crippen LogP contribution in [0.2, 0.25) is 0 Å². The standard InChI is InChI=1S/C38H26N4/c1-40-38-27-35(42(32-18-10-4-11-19-32)33-20-12-5-13-21-33)23-25-37(38)36-24-22-34(26-29(36)28-39)41(30-14-6-2-7-15-30)31-16-8-3-9-17-31/h2-27H. The Hall–Kier alpha value is -6.10. The Balaban J connectivity index is 1.44. The van der Waals surface area contributed by atoms with Crippen molar-refractivity contribution in [1.29, 1.82) is 5.26 Å². The van der Waals surface area contributed by atoms with Gasteiger partial charge in [-0.2, -0.15) is 5.26 Å². The third-order valence-electron chi connectivity index (χ3n) is 7.09. The van der Waals surface area contributed by atoms with Gasteiger partial charge in [-0.3, -0.25) is 0 Å². The maximum absolute atomic E-state index is 10.3. The van der Waals surface area contributed by atoms with Crippen molar-refractivity contribution < 1.29 is 0 Å². The number of hydrogen-bond acceptors (Lipinski definition) is 3. The molecule has 0 radical (unpaired) electrons. The van der Waals surface area contributed by atoms with Crippen molar-refractivity contribution >= 4 is 39.8 Å². The van der Waals surface area contributed by atoms with Gasteiger partial charge in [0.2, 0.25) is 0 Å². The first-order valence-corrected chi connectivity index (χ1v) is 13.6. The van der Waals surface area contributed by atoms with Gasteiger partial charge in [0.05, 0.1) is 18.2 Å². The minimum atomic E-state index is 0.483. The highest BCUT2D eigenvalue weighted by Crippen LogP contribution is 2.42. The fraction of sp³-hybridized carbons (Fsp3) is 0. The van der Waals surface area contributed by atoms with Crippen LogP contribution in [0.4, 0.5) is 39.8 Å². The second kappa shape index (κ2) is 12.0. The molecule has 42 heavy (non-hydrogen) atoms. The molecule has 198 valence electrons. The molecule has 6 aromatic carbocycles. The van der Waals surface area contributed by atoms with Crippen molar-refractivity contribution in [3.63, 3.8) is 0 Å². The zero-order valence-electron chi connectivity index (χ0n) is 22.8. The highest BCUT2D eigenvalue weighted by Gasteiger charge is 2.18. The molecule has 0 fully saturated rings. The summed E-state index contributed by atoms with van der Waals surface area (Å²) in [5, 5.41) is 10.3. The fourth-order valence-corrected chi connectivity index (χ4v) is 5.18. The lowest BCUT2D eigenvalue weighted by molar-refractivity contribution is 1.28. The molecule has 0 unspecified atom stereocenters.